The molecule has 1 rings (SSSR count). The summed E-state index contributed by atoms with van der Waals surface area (Å²) in [5, 5.41) is 0. The van der Waals surface area contributed by atoms with Gasteiger partial charge in [-0.3, -0.25) is 0 Å². The molecule has 9 heavy (non-hydrogen) atoms. The van der Waals surface area contributed by atoms with Gasteiger partial charge in [0.2, 0.25) is 0 Å². The largest absolute Gasteiger partial charge is 0.0807 e. The second kappa shape index (κ2) is 2.17. The van der Waals surface area contributed by atoms with Crippen LogP contribution in [0.1, 0.15) is 33.6 Å². The third kappa shape index (κ3) is 1.57. The second-order valence-corrected chi connectivity index (χ2v) is 3.87. The average molecular weight is 123 g/mol. The monoisotopic (exact) mass is 123 g/mol. The van der Waals surface area contributed by atoms with Gasteiger partial charge in [-0.05, 0) is 30.3 Å². The van der Waals surface area contributed by atoms with E-state index >= 15 is 0 Å². The van der Waals surface area contributed by atoms with Crippen LogP contribution in [-0.2, 0) is 0 Å². The minimum Gasteiger partial charge on any atom is -0.0807 e. The second-order valence-electron chi connectivity index (χ2n) is 3.87. The van der Waals surface area contributed by atoms with Crippen molar-refractivity contribution in [3.05, 3.63) is 12.2 Å². The van der Waals surface area contributed by atoms with Crippen molar-refractivity contribution in [2.24, 2.45) is 11.3 Å². The van der Waals surface area contributed by atoms with E-state index in [0.717, 1.165) is 0 Å². The fourth-order valence-corrected chi connectivity index (χ4v) is 1.24. The summed E-state index contributed by atoms with van der Waals surface area (Å²) in [5.74, 6) is 0.706. The molecule has 0 N–H and O–H groups in total. The lowest BCUT2D eigenvalue weighted by molar-refractivity contribution is 0.283. The van der Waals surface area contributed by atoms with E-state index in [-0.39, 0.29) is 0 Å². The average Bonchev–Trinajstić information content (AvgIpc) is 2.08. The van der Waals surface area contributed by atoms with Gasteiger partial charge in [-0.2, -0.15) is 0 Å². The summed E-state index contributed by atoms with van der Waals surface area (Å²) in [7, 11) is 0. The Morgan fingerprint density at radius 2 is 2.11 bits per heavy atom. The van der Waals surface area contributed by atoms with Crippen molar-refractivity contribution in [3.63, 3.8) is 0 Å². The van der Waals surface area contributed by atoms with Gasteiger partial charge in [0.1, 0.15) is 0 Å². The summed E-state index contributed by atoms with van der Waals surface area (Å²) >= 11 is 0. The molecule has 0 saturated carbocycles. The number of rotatable bonds is 0. The van der Waals surface area contributed by atoms with Crippen molar-refractivity contribution >= 4 is 0 Å². The summed E-state index contributed by atoms with van der Waals surface area (Å²) in [6, 6.07) is 0. The van der Waals surface area contributed by atoms with Gasteiger partial charge in [-0.15, -0.1) is 0 Å². The Balaban J connectivity index is 2.53. The topological polar surface area (TPSA) is 0 Å². The van der Waals surface area contributed by atoms with Crippen molar-refractivity contribution in [2.75, 3.05) is 0 Å². The van der Waals surface area contributed by atoms with Gasteiger partial charge in [0.05, 0.1) is 0 Å². The van der Waals surface area contributed by atoms with Crippen LogP contribution >= 0.6 is 0 Å². The molecule has 0 nitrogen and oxygen atoms in total. The van der Waals surface area contributed by atoms with E-state index in [4.69, 9.17) is 0 Å². The highest BCUT2D eigenvalue weighted by atomic mass is 14.3. The van der Waals surface area contributed by atoms with Crippen molar-refractivity contribution in [2.45, 2.75) is 33.6 Å². The minimum absolute atomic E-state index is 0.438. The predicted molar refractivity (Wildman–Crippen MR) is 40.0 cm³/mol. The zero-order valence-corrected chi connectivity index (χ0v) is 6.57. The van der Waals surface area contributed by atoms with Crippen LogP contribution < -0.4 is 0 Å². The standard InChI is InChI=1S/C9H15/c1-9(2,3)8-6-4-5-7-8/h4,8H,5,7H2,1-3H3. The molecule has 0 heterocycles. The number of hydrogen-bond donors (Lipinski definition) is 0. The molecule has 1 unspecified atom stereocenters. The van der Waals surface area contributed by atoms with E-state index in [9.17, 15) is 0 Å². The smallest absolute Gasteiger partial charge is 0.0111 e. The zero-order valence-electron chi connectivity index (χ0n) is 6.57. The molecule has 0 aromatic rings. The molecule has 0 saturated heterocycles. The molecular formula is C9H15. The predicted octanol–water partition coefficient (Wildman–Crippen LogP) is 2.80. The Morgan fingerprint density at radius 1 is 1.44 bits per heavy atom. The molecule has 0 spiro atoms. The Bertz CT molecular complexity index is 114. The molecule has 1 atom stereocenters. The summed E-state index contributed by atoms with van der Waals surface area (Å²) in [5.41, 5.74) is 0.438. The SMILES string of the molecule is CC(C)(C)C1[C]=CCC1. The molecule has 0 bridgehead atoms. The third-order valence-electron chi connectivity index (χ3n) is 1.96. The maximum atomic E-state index is 3.37. The first kappa shape index (κ1) is 6.85. The highest BCUT2D eigenvalue weighted by molar-refractivity contribution is 4.94. The fourth-order valence-electron chi connectivity index (χ4n) is 1.24. The van der Waals surface area contributed by atoms with Gasteiger partial charge >= 0.3 is 0 Å². The highest BCUT2D eigenvalue weighted by Crippen LogP contribution is 2.33. The summed E-state index contributed by atoms with van der Waals surface area (Å²) in [6.07, 6.45) is 8.10. The highest BCUT2D eigenvalue weighted by Gasteiger charge is 2.23. The van der Waals surface area contributed by atoms with Gasteiger partial charge in [-0.1, -0.05) is 26.8 Å². The Morgan fingerprint density at radius 3 is 2.33 bits per heavy atom. The van der Waals surface area contributed by atoms with Crippen molar-refractivity contribution in [1.29, 1.82) is 0 Å². The Hall–Kier alpha value is -0.260. The third-order valence-corrected chi connectivity index (χ3v) is 1.96. The van der Waals surface area contributed by atoms with E-state index in [1.54, 1.807) is 0 Å². The van der Waals surface area contributed by atoms with Crippen LogP contribution in [0, 0.1) is 17.4 Å². The molecule has 0 aromatic heterocycles. The molecule has 1 radical (unpaired) electrons. The van der Waals surface area contributed by atoms with Gasteiger partial charge < -0.3 is 0 Å². The van der Waals surface area contributed by atoms with Crippen LogP contribution in [0.5, 0.6) is 0 Å². The van der Waals surface area contributed by atoms with E-state index in [2.05, 4.69) is 32.9 Å². The van der Waals surface area contributed by atoms with Gasteiger partial charge in [0.15, 0.2) is 0 Å². The molecule has 51 valence electrons. The molecule has 0 aliphatic heterocycles. The van der Waals surface area contributed by atoms with Crippen LogP contribution in [0.2, 0.25) is 0 Å². The molecule has 1 aliphatic rings. The van der Waals surface area contributed by atoms with Gasteiger partial charge in [0.25, 0.3) is 0 Å². The van der Waals surface area contributed by atoms with Crippen LogP contribution in [-0.4, -0.2) is 0 Å². The van der Waals surface area contributed by atoms with Crippen molar-refractivity contribution in [1.82, 2.24) is 0 Å². The maximum Gasteiger partial charge on any atom is -0.0111 e. The Labute approximate surface area is 58.0 Å². The van der Waals surface area contributed by atoms with E-state index in [1.807, 2.05) is 0 Å². The first-order chi connectivity index (χ1) is 4.11. The molecule has 0 heteroatoms. The summed E-state index contributed by atoms with van der Waals surface area (Å²) in [4.78, 5) is 0. The molecule has 1 aliphatic carbocycles. The lowest BCUT2D eigenvalue weighted by Gasteiger charge is -2.24. The normalized spacial score (nSPS) is 27.2. The zero-order chi connectivity index (χ0) is 6.91. The van der Waals surface area contributed by atoms with Crippen molar-refractivity contribution < 1.29 is 0 Å². The minimum atomic E-state index is 0.438. The van der Waals surface area contributed by atoms with Crippen molar-refractivity contribution in [3.8, 4) is 0 Å². The first-order valence-electron chi connectivity index (χ1n) is 3.68. The van der Waals surface area contributed by atoms with Crippen LogP contribution in [0.3, 0.4) is 0 Å². The molecular weight excluding hydrogens is 108 g/mol. The number of hydrogen-bond acceptors (Lipinski definition) is 0. The van der Waals surface area contributed by atoms with E-state index in [1.165, 1.54) is 12.8 Å². The van der Waals surface area contributed by atoms with Crippen LogP contribution in [0.25, 0.3) is 0 Å². The molecule has 0 fully saturated rings. The fraction of sp³-hybridized carbons (Fsp3) is 0.778. The Kier molecular flexibility index (Phi) is 1.65. The maximum absolute atomic E-state index is 3.37. The first-order valence-corrected chi connectivity index (χ1v) is 3.68. The van der Waals surface area contributed by atoms with Crippen LogP contribution in [0.15, 0.2) is 6.08 Å². The quantitative estimate of drug-likeness (QED) is 0.464. The summed E-state index contributed by atoms with van der Waals surface area (Å²) in [6.45, 7) is 6.84. The lowest BCUT2D eigenvalue weighted by atomic mass is 9.81. The van der Waals surface area contributed by atoms with E-state index in [0.29, 0.717) is 11.3 Å². The lowest BCUT2D eigenvalue weighted by Crippen LogP contribution is -2.16. The molecule has 0 aromatic carbocycles. The molecule has 0 amide bonds. The van der Waals surface area contributed by atoms with Gasteiger partial charge in [0, 0.05) is 0 Å². The van der Waals surface area contributed by atoms with Crippen LogP contribution in [0.4, 0.5) is 0 Å². The van der Waals surface area contributed by atoms with Gasteiger partial charge in [-0.25, -0.2) is 0 Å². The van der Waals surface area contributed by atoms with E-state index < -0.39 is 0 Å². The summed E-state index contributed by atoms with van der Waals surface area (Å²) < 4.78 is 0. The number of allylic oxidation sites excluding steroid dienone is 2.